The molecule has 2 N–H and O–H groups in total. The summed E-state index contributed by atoms with van der Waals surface area (Å²) in [5.41, 5.74) is 0.950. The SMILES string of the molecule is COc1ccc(NC(=O)c2cc(F)cc(Cl)c2Nc2ccc(F)c(F)c2C)c(C)n1. The van der Waals surface area contributed by atoms with Crippen molar-refractivity contribution in [3.8, 4) is 5.88 Å². The maximum atomic E-state index is 14.0. The summed E-state index contributed by atoms with van der Waals surface area (Å²) in [4.78, 5) is 17.0. The van der Waals surface area contributed by atoms with Gasteiger partial charge in [0.05, 0.1) is 34.8 Å². The number of pyridine rings is 1. The molecule has 156 valence electrons. The van der Waals surface area contributed by atoms with Gasteiger partial charge in [0.15, 0.2) is 11.6 Å². The van der Waals surface area contributed by atoms with Gasteiger partial charge in [-0.3, -0.25) is 4.79 Å². The highest BCUT2D eigenvalue weighted by molar-refractivity contribution is 6.34. The number of rotatable bonds is 5. The molecule has 0 fully saturated rings. The Bertz CT molecular complexity index is 1140. The van der Waals surface area contributed by atoms with E-state index in [2.05, 4.69) is 15.6 Å². The van der Waals surface area contributed by atoms with Crippen LogP contribution in [0, 0.1) is 31.3 Å². The molecule has 0 aliphatic heterocycles. The normalized spacial score (nSPS) is 10.6. The van der Waals surface area contributed by atoms with Crippen molar-refractivity contribution < 1.29 is 22.7 Å². The Morgan fingerprint density at radius 3 is 2.43 bits per heavy atom. The first-order chi connectivity index (χ1) is 14.2. The molecule has 0 unspecified atom stereocenters. The smallest absolute Gasteiger partial charge is 0.257 e. The number of anilines is 3. The number of aryl methyl sites for hydroxylation is 1. The minimum atomic E-state index is -1.04. The lowest BCUT2D eigenvalue weighted by atomic mass is 10.1. The summed E-state index contributed by atoms with van der Waals surface area (Å²) in [7, 11) is 1.47. The third-order valence-electron chi connectivity index (χ3n) is 4.42. The van der Waals surface area contributed by atoms with Crippen molar-refractivity contribution in [1.82, 2.24) is 4.98 Å². The van der Waals surface area contributed by atoms with E-state index in [0.717, 1.165) is 18.2 Å². The monoisotopic (exact) mass is 435 g/mol. The Morgan fingerprint density at radius 2 is 1.77 bits per heavy atom. The van der Waals surface area contributed by atoms with E-state index in [-0.39, 0.29) is 27.5 Å². The molecule has 0 atom stereocenters. The van der Waals surface area contributed by atoms with Crippen molar-refractivity contribution in [3.05, 3.63) is 75.7 Å². The summed E-state index contributed by atoms with van der Waals surface area (Å²) in [6.45, 7) is 3.03. The van der Waals surface area contributed by atoms with Gasteiger partial charge in [-0.25, -0.2) is 18.2 Å². The third-order valence-corrected chi connectivity index (χ3v) is 4.71. The first kappa shape index (κ1) is 21.4. The molecule has 0 aliphatic rings. The van der Waals surface area contributed by atoms with E-state index in [9.17, 15) is 18.0 Å². The number of aromatic nitrogens is 1. The van der Waals surface area contributed by atoms with Crippen LogP contribution < -0.4 is 15.4 Å². The molecule has 1 aromatic heterocycles. The second-order valence-corrected chi connectivity index (χ2v) is 6.82. The fraction of sp³-hybridized carbons (Fsp3) is 0.143. The zero-order valence-corrected chi connectivity index (χ0v) is 17.0. The number of hydrogen-bond acceptors (Lipinski definition) is 4. The summed E-state index contributed by atoms with van der Waals surface area (Å²) < 4.78 is 46.3. The van der Waals surface area contributed by atoms with Gasteiger partial charge in [-0.15, -0.1) is 0 Å². The van der Waals surface area contributed by atoms with Crippen LogP contribution in [0.4, 0.5) is 30.2 Å². The summed E-state index contributed by atoms with van der Waals surface area (Å²) in [6.07, 6.45) is 0. The lowest BCUT2D eigenvalue weighted by molar-refractivity contribution is 0.102. The summed E-state index contributed by atoms with van der Waals surface area (Å²) in [6, 6.07) is 7.39. The van der Waals surface area contributed by atoms with Crippen molar-refractivity contribution in [1.29, 1.82) is 0 Å². The Labute approximate surface area is 175 Å². The summed E-state index contributed by atoms with van der Waals surface area (Å²) in [5.74, 6) is -3.08. The van der Waals surface area contributed by atoms with Crippen molar-refractivity contribution in [2.45, 2.75) is 13.8 Å². The summed E-state index contributed by atoms with van der Waals surface area (Å²) in [5, 5.41) is 5.34. The van der Waals surface area contributed by atoms with Crippen molar-refractivity contribution in [3.63, 3.8) is 0 Å². The van der Waals surface area contributed by atoms with Crippen LogP contribution in [-0.2, 0) is 0 Å². The molecule has 3 aromatic rings. The number of carbonyl (C=O) groups excluding carboxylic acids is 1. The number of nitrogens with one attached hydrogen (secondary N) is 2. The van der Waals surface area contributed by atoms with Crippen LogP contribution in [0.1, 0.15) is 21.6 Å². The van der Waals surface area contributed by atoms with E-state index in [1.165, 1.54) is 20.1 Å². The molecule has 0 bridgehead atoms. The third kappa shape index (κ3) is 4.33. The average Bonchev–Trinajstić information content (AvgIpc) is 2.71. The minimum Gasteiger partial charge on any atom is -0.481 e. The maximum absolute atomic E-state index is 14.0. The number of amides is 1. The topological polar surface area (TPSA) is 63.2 Å². The Morgan fingerprint density at radius 1 is 1.07 bits per heavy atom. The lowest BCUT2D eigenvalue weighted by Crippen LogP contribution is -2.16. The molecular weight excluding hydrogens is 419 g/mol. The molecule has 0 aliphatic carbocycles. The maximum Gasteiger partial charge on any atom is 0.257 e. The molecule has 0 spiro atoms. The van der Waals surface area contributed by atoms with Gasteiger partial charge in [-0.1, -0.05) is 11.6 Å². The van der Waals surface area contributed by atoms with E-state index < -0.39 is 23.4 Å². The standard InChI is InChI=1S/C21H17ClF3N3O2/c1-10-16(5-4-15(24)19(10)25)27-20-13(8-12(23)9-14(20)22)21(29)28-17-6-7-18(30-3)26-11(17)2/h4-9,27H,1-3H3,(H,28,29). The molecule has 5 nitrogen and oxygen atoms in total. The summed E-state index contributed by atoms with van der Waals surface area (Å²) >= 11 is 6.15. The number of nitrogens with zero attached hydrogens (tertiary/aromatic N) is 1. The van der Waals surface area contributed by atoms with E-state index in [0.29, 0.717) is 17.3 Å². The van der Waals surface area contributed by atoms with Gasteiger partial charge in [0, 0.05) is 17.3 Å². The zero-order valence-electron chi connectivity index (χ0n) is 16.2. The van der Waals surface area contributed by atoms with E-state index in [1.807, 2.05) is 0 Å². The van der Waals surface area contributed by atoms with Crippen molar-refractivity contribution >= 4 is 34.6 Å². The molecule has 3 rings (SSSR count). The second kappa shape index (κ2) is 8.62. The first-order valence-corrected chi connectivity index (χ1v) is 9.12. The highest BCUT2D eigenvalue weighted by Crippen LogP contribution is 2.33. The molecule has 0 saturated carbocycles. The number of hydrogen-bond donors (Lipinski definition) is 2. The predicted octanol–water partition coefficient (Wildman–Crippen LogP) is 5.77. The second-order valence-electron chi connectivity index (χ2n) is 6.41. The molecular formula is C21H17ClF3N3O2. The Balaban J connectivity index is 1.99. The van der Waals surface area contributed by atoms with Gasteiger partial charge >= 0.3 is 0 Å². The predicted molar refractivity (Wildman–Crippen MR) is 109 cm³/mol. The number of methoxy groups -OCH3 is 1. The van der Waals surface area contributed by atoms with Crippen LogP contribution in [0.2, 0.25) is 5.02 Å². The van der Waals surface area contributed by atoms with E-state index >= 15 is 0 Å². The van der Waals surface area contributed by atoms with Gasteiger partial charge in [0.2, 0.25) is 5.88 Å². The lowest BCUT2D eigenvalue weighted by Gasteiger charge is -2.17. The van der Waals surface area contributed by atoms with Gasteiger partial charge in [-0.2, -0.15) is 0 Å². The number of halogens is 4. The largest absolute Gasteiger partial charge is 0.481 e. The van der Waals surface area contributed by atoms with Crippen molar-refractivity contribution in [2.24, 2.45) is 0 Å². The number of carbonyl (C=O) groups is 1. The van der Waals surface area contributed by atoms with Gasteiger partial charge in [0.1, 0.15) is 5.82 Å². The van der Waals surface area contributed by atoms with Crippen molar-refractivity contribution in [2.75, 3.05) is 17.7 Å². The van der Waals surface area contributed by atoms with Gasteiger partial charge < -0.3 is 15.4 Å². The van der Waals surface area contributed by atoms with Gasteiger partial charge in [0.25, 0.3) is 5.91 Å². The molecule has 0 saturated heterocycles. The van der Waals surface area contributed by atoms with E-state index in [1.54, 1.807) is 19.1 Å². The van der Waals surface area contributed by atoms with Crippen LogP contribution >= 0.6 is 11.6 Å². The van der Waals surface area contributed by atoms with Crippen LogP contribution in [0.25, 0.3) is 0 Å². The van der Waals surface area contributed by atoms with Crippen LogP contribution in [0.5, 0.6) is 5.88 Å². The molecule has 9 heteroatoms. The van der Waals surface area contributed by atoms with E-state index in [4.69, 9.17) is 16.3 Å². The fourth-order valence-electron chi connectivity index (χ4n) is 2.78. The molecule has 30 heavy (non-hydrogen) atoms. The Hall–Kier alpha value is -3.26. The van der Waals surface area contributed by atoms with Crippen LogP contribution in [0.3, 0.4) is 0 Å². The highest BCUT2D eigenvalue weighted by atomic mass is 35.5. The minimum absolute atomic E-state index is 0.0167. The van der Waals surface area contributed by atoms with Crippen LogP contribution in [-0.4, -0.2) is 18.0 Å². The average molecular weight is 436 g/mol. The Kier molecular flexibility index (Phi) is 6.17. The zero-order chi connectivity index (χ0) is 22.0. The fourth-order valence-corrected chi connectivity index (χ4v) is 3.03. The first-order valence-electron chi connectivity index (χ1n) is 8.75. The quantitative estimate of drug-likeness (QED) is 0.533. The molecule has 2 aromatic carbocycles. The highest BCUT2D eigenvalue weighted by Gasteiger charge is 2.20. The number of ether oxygens (including phenoxy) is 1. The van der Waals surface area contributed by atoms with Gasteiger partial charge in [-0.05, 0) is 44.2 Å². The molecule has 1 heterocycles. The van der Waals surface area contributed by atoms with Crippen LogP contribution in [0.15, 0.2) is 36.4 Å². The molecule has 0 radical (unpaired) electrons. The number of benzene rings is 2. The molecule has 1 amide bonds.